The summed E-state index contributed by atoms with van der Waals surface area (Å²) in [5.74, 6) is -0.0147. The minimum atomic E-state index is -3.79. The predicted molar refractivity (Wildman–Crippen MR) is 118 cm³/mol. The normalized spacial score (nSPS) is 33.5. The number of benzene rings is 1. The lowest BCUT2D eigenvalue weighted by molar-refractivity contribution is -0.178. The van der Waals surface area contributed by atoms with E-state index in [0.717, 1.165) is 31.2 Å². The van der Waals surface area contributed by atoms with Crippen molar-refractivity contribution in [1.29, 1.82) is 0 Å². The quantitative estimate of drug-likeness (QED) is 0.378. The summed E-state index contributed by atoms with van der Waals surface area (Å²) < 4.78 is 35.3. The number of hydrogen-bond acceptors (Lipinski definition) is 6. The zero-order chi connectivity index (χ0) is 22.9. The van der Waals surface area contributed by atoms with Gasteiger partial charge >= 0.3 is 5.97 Å². The van der Waals surface area contributed by atoms with E-state index in [-0.39, 0.29) is 34.7 Å². The molecule has 1 aromatic rings. The summed E-state index contributed by atoms with van der Waals surface area (Å²) in [5, 5.41) is 10.8. The Labute approximate surface area is 186 Å². The van der Waals surface area contributed by atoms with Crippen molar-refractivity contribution in [2.24, 2.45) is 22.7 Å². The van der Waals surface area contributed by atoms with Crippen LogP contribution in [-0.2, 0) is 23.8 Å². The third-order valence-electron chi connectivity index (χ3n) is 7.90. The SMILES string of the molecule is COC(=O)[C@]1(C)CCC[C@@]2(C)[C@H](CCCOS(=O)(=O)c3ccc(C)cc3)[C@H](O)CC[C@@H]21. The van der Waals surface area contributed by atoms with Crippen LogP contribution in [0.5, 0.6) is 0 Å². The Bertz CT molecular complexity index is 880. The summed E-state index contributed by atoms with van der Waals surface area (Å²) >= 11 is 0. The minimum absolute atomic E-state index is 0.00112. The van der Waals surface area contributed by atoms with Crippen LogP contribution in [0, 0.1) is 29.6 Å². The van der Waals surface area contributed by atoms with E-state index in [9.17, 15) is 18.3 Å². The number of hydrogen-bond donors (Lipinski definition) is 1. The largest absolute Gasteiger partial charge is 0.469 e. The van der Waals surface area contributed by atoms with Gasteiger partial charge in [0.05, 0.1) is 30.1 Å². The van der Waals surface area contributed by atoms with Gasteiger partial charge in [0.1, 0.15) is 0 Å². The van der Waals surface area contributed by atoms with E-state index in [4.69, 9.17) is 8.92 Å². The van der Waals surface area contributed by atoms with E-state index in [1.165, 1.54) is 7.11 Å². The van der Waals surface area contributed by atoms with Crippen molar-refractivity contribution in [3.8, 4) is 0 Å². The van der Waals surface area contributed by atoms with Crippen LogP contribution in [0.15, 0.2) is 29.2 Å². The molecule has 31 heavy (non-hydrogen) atoms. The van der Waals surface area contributed by atoms with E-state index >= 15 is 0 Å². The Kier molecular flexibility index (Phi) is 7.18. The molecule has 6 nitrogen and oxygen atoms in total. The molecule has 1 N–H and O–H groups in total. The van der Waals surface area contributed by atoms with Crippen molar-refractivity contribution in [2.75, 3.05) is 13.7 Å². The van der Waals surface area contributed by atoms with E-state index in [1.807, 2.05) is 13.8 Å². The maximum Gasteiger partial charge on any atom is 0.311 e. The lowest BCUT2D eigenvalue weighted by atomic mass is 9.47. The Hall–Kier alpha value is -1.44. The second-order valence-electron chi connectivity index (χ2n) is 9.80. The molecule has 3 rings (SSSR count). The van der Waals surface area contributed by atoms with Crippen molar-refractivity contribution in [3.63, 3.8) is 0 Å². The third kappa shape index (κ3) is 4.69. The summed E-state index contributed by atoms with van der Waals surface area (Å²) in [6.45, 7) is 6.17. The number of fused-ring (bicyclic) bond motifs is 1. The lowest BCUT2D eigenvalue weighted by Crippen LogP contribution is -2.56. The minimum Gasteiger partial charge on any atom is -0.469 e. The maximum absolute atomic E-state index is 12.6. The number of carbonyl (C=O) groups is 1. The Morgan fingerprint density at radius 2 is 1.84 bits per heavy atom. The van der Waals surface area contributed by atoms with Crippen LogP contribution < -0.4 is 0 Å². The van der Waals surface area contributed by atoms with Crippen LogP contribution in [0.1, 0.15) is 64.4 Å². The predicted octanol–water partition coefficient (Wildman–Crippen LogP) is 4.24. The molecule has 0 bridgehead atoms. The fraction of sp³-hybridized carbons (Fsp3) is 0.708. The summed E-state index contributed by atoms with van der Waals surface area (Å²) in [7, 11) is -2.34. The number of ether oxygens (including phenoxy) is 1. The molecule has 0 radical (unpaired) electrons. The van der Waals surface area contributed by atoms with Gasteiger partial charge in [0.15, 0.2) is 0 Å². The van der Waals surface area contributed by atoms with Crippen molar-refractivity contribution < 1.29 is 27.2 Å². The van der Waals surface area contributed by atoms with E-state index in [0.29, 0.717) is 19.3 Å². The monoisotopic (exact) mass is 452 g/mol. The topological polar surface area (TPSA) is 89.9 Å². The first-order chi connectivity index (χ1) is 14.5. The highest BCUT2D eigenvalue weighted by atomic mass is 32.2. The molecule has 2 aliphatic carbocycles. The summed E-state index contributed by atoms with van der Waals surface area (Å²) in [5.41, 5.74) is 0.264. The van der Waals surface area contributed by atoms with Gasteiger partial charge in [-0.15, -0.1) is 0 Å². The molecule has 174 valence electrons. The highest BCUT2D eigenvalue weighted by Gasteiger charge is 2.58. The first-order valence-electron chi connectivity index (χ1n) is 11.3. The van der Waals surface area contributed by atoms with E-state index in [1.54, 1.807) is 24.3 Å². The van der Waals surface area contributed by atoms with Gasteiger partial charge in [-0.3, -0.25) is 8.98 Å². The van der Waals surface area contributed by atoms with Gasteiger partial charge in [0.2, 0.25) is 0 Å². The summed E-state index contributed by atoms with van der Waals surface area (Å²) in [6, 6.07) is 6.60. The standard InChI is InChI=1S/C24H36O6S/c1-17-8-10-18(11-9-17)31(27,28)30-16-5-7-19-20(25)12-13-21-23(19,2)14-6-15-24(21,3)22(26)29-4/h8-11,19-21,25H,5-7,12-16H2,1-4H3/t19-,20-,21+,23+,24-/m1/s1. The van der Waals surface area contributed by atoms with Crippen molar-refractivity contribution >= 4 is 16.1 Å². The summed E-state index contributed by atoms with van der Waals surface area (Å²) in [6.07, 6.45) is 4.88. The molecule has 0 amide bonds. The zero-order valence-electron chi connectivity index (χ0n) is 19.1. The van der Waals surface area contributed by atoms with Gasteiger partial charge in [-0.1, -0.05) is 31.0 Å². The second kappa shape index (κ2) is 9.20. The average molecular weight is 453 g/mol. The first kappa shape index (κ1) is 24.2. The van der Waals surface area contributed by atoms with E-state index < -0.39 is 21.6 Å². The van der Waals surface area contributed by atoms with Crippen LogP contribution in [0.25, 0.3) is 0 Å². The first-order valence-corrected chi connectivity index (χ1v) is 12.7. The van der Waals surface area contributed by atoms with Gasteiger partial charge in [0.25, 0.3) is 10.1 Å². The number of aliphatic hydroxyl groups is 1. The molecule has 0 saturated heterocycles. The highest BCUT2D eigenvalue weighted by Crippen LogP contribution is 2.61. The molecule has 0 aliphatic heterocycles. The number of esters is 1. The fourth-order valence-corrected chi connectivity index (χ4v) is 7.17. The molecular weight excluding hydrogens is 416 g/mol. The molecule has 7 heteroatoms. The van der Waals surface area contributed by atoms with Crippen LogP contribution in [-0.4, -0.2) is 39.3 Å². The second-order valence-corrected chi connectivity index (χ2v) is 11.4. The van der Waals surface area contributed by atoms with E-state index in [2.05, 4.69) is 6.92 Å². The number of aliphatic hydroxyl groups excluding tert-OH is 1. The maximum atomic E-state index is 12.6. The van der Waals surface area contributed by atoms with Gasteiger partial charge < -0.3 is 9.84 Å². The van der Waals surface area contributed by atoms with Gasteiger partial charge in [-0.25, -0.2) is 0 Å². The molecule has 1 aromatic carbocycles. The lowest BCUT2D eigenvalue weighted by Gasteiger charge is -2.58. The molecule has 5 atom stereocenters. The number of methoxy groups -OCH3 is 1. The van der Waals surface area contributed by atoms with Crippen LogP contribution in [0.3, 0.4) is 0 Å². The average Bonchev–Trinajstić information content (AvgIpc) is 2.72. The molecular formula is C24H36O6S. The molecule has 0 heterocycles. The molecule has 0 aromatic heterocycles. The molecule has 2 aliphatic rings. The van der Waals surface area contributed by atoms with Crippen LogP contribution >= 0.6 is 0 Å². The summed E-state index contributed by atoms with van der Waals surface area (Å²) in [4.78, 5) is 12.8. The van der Waals surface area contributed by atoms with Crippen LogP contribution in [0.4, 0.5) is 0 Å². The van der Waals surface area contributed by atoms with Gasteiger partial charge in [0, 0.05) is 0 Å². The zero-order valence-corrected chi connectivity index (χ0v) is 19.9. The number of rotatable bonds is 7. The van der Waals surface area contributed by atoms with Gasteiger partial charge in [-0.05, 0) is 81.8 Å². The molecule has 2 saturated carbocycles. The Balaban J connectivity index is 1.66. The van der Waals surface area contributed by atoms with Gasteiger partial charge in [-0.2, -0.15) is 8.42 Å². The molecule has 0 spiro atoms. The highest BCUT2D eigenvalue weighted by molar-refractivity contribution is 7.86. The third-order valence-corrected chi connectivity index (χ3v) is 9.23. The number of aryl methyl sites for hydroxylation is 1. The van der Waals surface area contributed by atoms with Crippen molar-refractivity contribution in [3.05, 3.63) is 29.8 Å². The smallest absolute Gasteiger partial charge is 0.311 e. The molecule has 2 fully saturated rings. The Morgan fingerprint density at radius 1 is 1.16 bits per heavy atom. The van der Waals surface area contributed by atoms with Crippen LogP contribution in [0.2, 0.25) is 0 Å². The number of carbonyl (C=O) groups excluding carboxylic acids is 1. The Morgan fingerprint density at radius 3 is 2.48 bits per heavy atom. The fourth-order valence-electron chi connectivity index (χ4n) is 6.23. The molecule has 0 unspecified atom stereocenters. The van der Waals surface area contributed by atoms with Crippen molar-refractivity contribution in [1.82, 2.24) is 0 Å². The van der Waals surface area contributed by atoms with Crippen molar-refractivity contribution in [2.45, 2.75) is 76.7 Å².